The third-order valence-corrected chi connectivity index (χ3v) is 4.57. The van der Waals surface area contributed by atoms with Gasteiger partial charge in [0.1, 0.15) is 10.8 Å². The minimum atomic E-state index is -4.00. The predicted octanol–water partition coefficient (Wildman–Crippen LogP) is 1.82. The molecule has 122 valence electrons. The highest BCUT2D eigenvalue weighted by molar-refractivity contribution is 7.89. The summed E-state index contributed by atoms with van der Waals surface area (Å²) in [6.07, 6.45) is 3.86. The zero-order valence-corrected chi connectivity index (χ0v) is 13.6. The number of hydrogen-bond donors (Lipinski definition) is 1. The molecule has 0 aliphatic carbocycles. The van der Waals surface area contributed by atoms with E-state index in [4.69, 9.17) is 11.6 Å². The Kier molecular flexibility index (Phi) is 4.28. The van der Waals surface area contributed by atoms with Crippen LogP contribution in [-0.2, 0) is 10.0 Å². The number of nitrogens with zero attached hydrogens (tertiary/aromatic N) is 4. The lowest BCUT2D eigenvalue weighted by atomic mass is 10.3. The van der Waals surface area contributed by atoms with Crippen molar-refractivity contribution >= 4 is 33.2 Å². The highest BCUT2D eigenvalue weighted by atomic mass is 35.5. The highest BCUT2D eigenvalue weighted by Crippen LogP contribution is 2.16. The zero-order chi connectivity index (χ0) is 17.2. The summed E-state index contributed by atoms with van der Waals surface area (Å²) in [6.45, 7) is 0. The van der Waals surface area contributed by atoms with Gasteiger partial charge in [0.2, 0.25) is 0 Å². The lowest BCUT2D eigenvalue weighted by Gasteiger charge is -2.03. The van der Waals surface area contributed by atoms with Gasteiger partial charge in [0.15, 0.2) is 5.03 Å². The minimum Gasteiger partial charge on any atom is -0.318 e. The molecule has 0 aromatic carbocycles. The van der Waals surface area contributed by atoms with E-state index in [0.29, 0.717) is 4.09 Å². The van der Waals surface area contributed by atoms with Crippen molar-refractivity contribution in [2.45, 2.75) is 5.03 Å². The molecule has 3 heterocycles. The summed E-state index contributed by atoms with van der Waals surface area (Å²) in [4.78, 5) is 19.7. The van der Waals surface area contributed by atoms with E-state index in [1.165, 1.54) is 42.9 Å². The van der Waals surface area contributed by atoms with Crippen LogP contribution < -0.4 is 5.32 Å². The largest absolute Gasteiger partial charge is 0.318 e. The number of anilines is 1. The van der Waals surface area contributed by atoms with Crippen molar-refractivity contribution in [3.05, 3.63) is 65.8 Å². The molecule has 0 aliphatic rings. The van der Waals surface area contributed by atoms with Crippen LogP contribution in [0.15, 0.2) is 60.0 Å². The average molecular weight is 364 g/mol. The van der Waals surface area contributed by atoms with Crippen LogP contribution in [0.5, 0.6) is 0 Å². The van der Waals surface area contributed by atoms with E-state index < -0.39 is 15.9 Å². The molecular formula is C14H10ClN5O3S. The Bertz CT molecular complexity index is 988. The lowest BCUT2D eigenvalue weighted by molar-refractivity contribution is 0.102. The van der Waals surface area contributed by atoms with Crippen molar-refractivity contribution in [3.8, 4) is 0 Å². The second kappa shape index (κ2) is 6.38. The average Bonchev–Trinajstić information content (AvgIpc) is 3.05. The molecule has 8 nitrogen and oxygen atoms in total. The van der Waals surface area contributed by atoms with E-state index in [2.05, 4.69) is 20.4 Å². The third-order valence-electron chi connectivity index (χ3n) is 2.92. The molecule has 0 saturated carbocycles. The molecule has 3 rings (SSSR count). The molecule has 1 amide bonds. The molecule has 0 unspecified atom stereocenters. The molecule has 0 saturated heterocycles. The normalized spacial score (nSPS) is 11.2. The Morgan fingerprint density at radius 1 is 1.17 bits per heavy atom. The first-order chi connectivity index (χ1) is 11.5. The van der Waals surface area contributed by atoms with Crippen molar-refractivity contribution < 1.29 is 13.2 Å². The van der Waals surface area contributed by atoms with Gasteiger partial charge in [-0.2, -0.15) is 17.6 Å². The zero-order valence-electron chi connectivity index (χ0n) is 12.0. The van der Waals surface area contributed by atoms with Gasteiger partial charge >= 0.3 is 10.0 Å². The predicted molar refractivity (Wildman–Crippen MR) is 86.2 cm³/mol. The molecule has 0 aliphatic heterocycles. The number of hydrogen-bond acceptors (Lipinski definition) is 6. The molecule has 3 aromatic rings. The number of pyridine rings is 2. The van der Waals surface area contributed by atoms with Gasteiger partial charge in [0, 0.05) is 6.20 Å². The monoisotopic (exact) mass is 363 g/mol. The van der Waals surface area contributed by atoms with Gasteiger partial charge in [-0.3, -0.25) is 9.78 Å². The first-order valence-corrected chi connectivity index (χ1v) is 8.44. The van der Waals surface area contributed by atoms with Gasteiger partial charge in [-0.05, 0) is 24.3 Å². The van der Waals surface area contributed by atoms with Gasteiger partial charge in [-0.1, -0.05) is 23.7 Å². The summed E-state index contributed by atoms with van der Waals surface area (Å²) in [7, 11) is -4.00. The second-order valence-electron chi connectivity index (χ2n) is 4.57. The molecule has 24 heavy (non-hydrogen) atoms. The summed E-state index contributed by atoms with van der Waals surface area (Å²) in [5, 5.41) is 6.07. The van der Waals surface area contributed by atoms with Crippen LogP contribution in [0.25, 0.3) is 0 Å². The van der Waals surface area contributed by atoms with Crippen LogP contribution in [0.1, 0.15) is 10.5 Å². The van der Waals surface area contributed by atoms with Crippen LogP contribution >= 0.6 is 11.6 Å². The summed E-state index contributed by atoms with van der Waals surface area (Å²) in [6, 6.07) is 9.11. The molecule has 1 N–H and O–H groups in total. The van der Waals surface area contributed by atoms with Crippen molar-refractivity contribution in [2.24, 2.45) is 0 Å². The quantitative estimate of drug-likeness (QED) is 0.708. The fourth-order valence-corrected chi connectivity index (χ4v) is 3.12. The molecule has 0 bridgehead atoms. The molecule has 0 fully saturated rings. The van der Waals surface area contributed by atoms with Crippen molar-refractivity contribution in [1.82, 2.24) is 19.2 Å². The molecular weight excluding hydrogens is 354 g/mol. The third kappa shape index (κ3) is 3.26. The number of carbonyl (C=O) groups excluding carboxylic acids is 1. The van der Waals surface area contributed by atoms with Gasteiger partial charge in [-0.25, -0.2) is 4.98 Å². The fraction of sp³-hybridized carbons (Fsp3) is 0. The van der Waals surface area contributed by atoms with E-state index >= 15 is 0 Å². The summed E-state index contributed by atoms with van der Waals surface area (Å²) >= 11 is 5.71. The van der Waals surface area contributed by atoms with E-state index in [9.17, 15) is 13.2 Å². The molecule has 0 atom stereocenters. The number of halogens is 1. The van der Waals surface area contributed by atoms with Gasteiger partial charge in [0.05, 0.1) is 18.1 Å². The Morgan fingerprint density at radius 3 is 2.71 bits per heavy atom. The topological polar surface area (TPSA) is 107 Å². The molecule has 3 aromatic heterocycles. The maximum Gasteiger partial charge on any atom is 0.300 e. The van der Waals surface area contributed by atoms with E-state index in [0.717, 1.165) is 0 Å². The maximum absolute atomic E-state index is 12.4. The van der Waals surface area contributed by atoms with Gasteiger partial charge < -0.3 is 5.32 Å². The van der Waals surface area contributed by atoms with E-state index in [-0.39, 0.29) is 21.6 Å². The number of aromatic nitrogens is 4. The Morgan fingerprint density at radius 2 is 2.00 bits per heavy atom. The van der Waals surface area contributed by atoms with Crippen LogP contribution in [0.3, 0.4) is 0 Å². The second-order valence-corrected chi connectivity index (χ2v) is 6.70. The van der Waals surface area contributed by atoms with E-state index in [1.807, 2.05) is 0 Å². The summed E-state index contributed by atoms with van der Waals surface area (Å²) in [5.74, 6) is -0.478. The Hall–Kier alpha value is -2.78. The SMILES string of the molecule is O=C(Nc1cnn(S(=O)(=O)c2cccc(Cl)n2)c1)c1ccccn1. The highest BCUT2D eigenvalue weighted by Gasteiger charge is 2.20. The summed E-state index contributed by atoms with van der Waals surface area (Å²) < 4.78 is 25.5. The maximum atomic E-state index is 12.4. The molecule has 10 heteroatoms. The first kappa shape index (κ1) is 16.1. The van der Waals surface area contributed by atoms with Crippen LogP contribution in [0, 0.1) is 0 Å². The number of nitrogens with one attached hydrogen (secondary N) is 1. The molecule has 0 radical (unpaired) electrons. The van der Waals surface area contributed by atoms with Crippen molar-refractivity contribution in [1.29, 1.82) is 0 Å². The number of carbonyl (C=O) groups is 1. The molecule has 0 spiro atoms. The van der Waals surface area contributed by atoms with Gasteiger partial charge in [0.25, 0.3) is 5.91 Å². The summed E-state index contributed by atoms with van der Waals surface area (Å²) in [5.41, 5.74) is 0.404. The van der Waals surface area contributed by atoms with Crippen LogP contribution in [0.4, 0.5) is 5.69 Å². The fourth-order valence-electron chi connectivity index (χ4n) is 1.82. The lowest BCUT2D eigenvalue weighted by Crippen LogP contribution is -2.15. The van der Waals surface area contributed by atoms with Crippen molar-refractivity contribution in [2.75, 3.05) is 5.32 Å². The van der Waals surface area contributed by atoms with E-state index in [1.54, 1.807) is 12.1 Å². The van der Waals surface area contributed by atoms with Gasteiger partial charge in [-0.15, -0.1) is 0 Å². The first-order valence-electron chi connectivity index (χ1n) is 6.62. The smallest absolute Gasteiger partial charge is 0.300 e. The Balaban J connectivity index is 1.84. The number of amides is 1. The standard InChI is InChI=1S/C14H10ClN5O3S/c15-12-5-3-6-13(19-12)24(22,23)20-9-10(8-17-20)18-14(21)11-4-1-2-7-16-11/h1-9H,(H,18,21). The van der Waals surface area contributed by atoms with Crippen molar-refractivity contribution in [3.63, 3.8) is 0 Å². The van der Waals surface area contributed by atoms with Crippen LogP contribution in [0.2, 0.25) is 5.15 Å². The minimum absolute atomic E-state index is 0.0481. The number of rotatable bonds is 4. The van der Waals surface area contributed by atoms with Crippen LogP contribution in [-0.4, -0.2) is 33.5 Å². The Labute approximate surface area is 142 Å².